The van der Waals surface area contributed by atoms with E-state index in [9.17, 15) is 14.7 Å². The van der Waals surface area contributed by atoms with Crippen LogP contribution in [0.15, 0.2) is 0 Å². The molecule has 0 radical (unpaired) electrons. The van der Waals surface area contributed by atoms with Gasteiger partial charge >= 0.3 is 12.0 Å². The lowest BCUT2D eigenvalue weighted by Crippen LogP contribution is -2.59. The second kappa shape index (κ2) is 5.11. The van der Waals surface area contributed by atoms with Crippen LogP contribution in [0, 0.1) is 0 Å². The summed E-state index contributed by atoms with van der Waals surface area (Å²) in [6.45, 7) is 3.52. The highest BCUT2D eigenvalue weighted by molar-refractivity contribution is 5.86. The smallest absolute Gasteiger partial charge is 0.332 e. The average Bonchev–Trinajstić information content (AvgIpc) is 2.64. The molecule has 7 heteroatoms. The van der Waals surface area contributed by atoms with Crippen LogP contribution in [-0.4, -0.2) is 65.1 Å². The van der Waals surface area contributed by atoms with Crippen molar-refractivity contribution in [1.82, 2.24) is 10.2 Å². The van der Waals surface area contributed by atoms with E-state index in [4.69, 9.17) is 9.84 Å². The van der Waals surface area contributed by atoms with Crippen LogP contribution in [0.5, 0.6) is 0 Å². The van der Waals surface area contributed by atoms with E-state index in [-0.39, 0.29) is 19.6 Å². The maximum absolute atomic E-state index is 11.9. The highest BCUT2D eigenvalue weighted by atomic mass is 16.5. The maximum Gasteiger partial charge on any atom is 0.332 e. The molecule has 1 saturated heterocycles. The first kappa shape index (κ1) is 14.7. The van der Waals surface area contributed by atoms with Gasteiger partial charge in [0.15, 0.2) is 5.54 Å². The van der Waals surface area contributed by atoms with E-state index in [0.29, 0.717) is 6.61 Å². The van der Waals surface area contributed by atoms with Gasteiger partial charge in [0, 0.05) is 20.1 Å². The van der Waals surface area contributed by atoms with Crippen LogP contribution in [0.1, 0.15) is 20.3 Å². The number of likely N-dealkylation sites (N-methyl/N-ethyl adjacent to an activating group) is 1. The molecule has 1 heterocycles. The van der Waals surface area contributed by atoms with E-state index in [1.54, 1.807) is 13.8 Å². The molecule has 0 spiro atoms. The minimum Gasteiger partial charge on any atom is -0.479 e. The van der Waals surface area contributed by atoms with Gasteiger partial charge in [0.25, 0.3) is 0 Å². The van der Waals surface area contributed by atoms with E-state index in [1.165, 1.54) is 11.9 Å². The zero-order valence-corrected chi connectivity index (χ0v) is 10.9. The lowest BCUT2D eigenvalue weighted by molar-refractivity contribution is -0.144. The number of ether oxygens (including phenoxy) is 1. The summed E-state index contributed by atoms with van der Waals surface area (Å²) in [6.07, 6.45) is 0.241. The zero-order chi connectivity index (χ0) is 14.0. The van der Waals surface area contributed by atoms with Crippen molar-refractivity contribution in [3.63, 3.8) is 0 Å². The van der Waals surface area contributed by atoms with Crippen LogP contribution >= 0.6 is 0 Å². The first-order valence-corrected chi connectivity index (χ1v) is 5.73. The highest BCUT2D eigenvalue weighted by Gasteiger charge is 2.44. The predicted molar refractivity (Wildman–Crippen MR) is 63.3 cm³/mol. The number of carboxylic acids is 1. The van der Waals surface area contributed by atoms with Gasteiger partial charge in [-0.3, -0.25) is 0 Å². The van der Waals surface area contributed by atoms with Crippen LogP contribution in [0.2, 0.25) is 0 Å². The number of hydrogen-bond acceptors (Lipinski definition) is 4. The van der Waals surface area contributed by atoms with Gasteiger partial charge in [-0.25, -0.2) is 9.59 Å². The Labute approximate surface area is 106 Å². The summed E-state index contributed by atoms with van der Waals surface area (Å²) in [7, 11) is 1.50. The number of urea groups is 1. The number of aliphatic carboxylic acids is 1. The monoisotopic (exact) mass is 260 g/mol. The SMILES string of the molecule is CN(CC(C)(C)O)C(=O)NC1(C(=O)O)CCOC1. The summed E-state index contributed by atoms with van der Waals surface area (Å²) in [4.78, 5) is 24.3. The summed E-state index contributed by atoms with van der Waals surface area (Å²) in [6, 6.07) is -0.537. The fraction of sp³-hybridized carbons (Fsp3) is 0.818. The van der Waals surface area contributed by atoms with Gasteiger partial charge in [-0.15, -0.1) is 0 Å². The fourth-order valence-corrected chi connectivity index (χ4v) is 1.84. The molecule has 0 aromatic heterocycles. The lowest BCUT2D eigenvalue weighted by Gasteiger charge is -2.30. The summed E-state index contributed by atoms with van der Waals surface area (Å²) < 4.78 is 5.04. The minimum atomic E-state index is -1.36. The Morgan fingerprint density at radius 3 is 2.50 bits per heavy atom. The first-order chi connectivity index (χ1) is 8.16. The average molecular weight is 260 g/mol. The van der Waals surface area contributed by atoms with Gasteiger partial charge in [-0.05, 0) is 13.8 Å². The zero-order valence-electron chi connectivity index (χ0n) is 10.9. The second-order valence-corrected chi connectivity index (χ2v) is 5.29. The third-order valence-corrected chi connectivity index (χ3v) is 2.75. The number of nitrogens with one attached hydrogen (secondary N) is 1. The summed E-state index contributed by atoms with van der Waals surface area (Å²) in [5.41, 5.74) is -2.39. The topological polar surface area (TPSA) is 99.1 Å². The molecule has 0 aromatic rings. The van der Waals surface area contributed by atoms with Gasteiger partial charge in [0.05, 0.1) is 18.8 Å². The Morgan fingerprint density at radius 1 is 1.50 bits per heavy atom. The van der Waals surface area contributed by atoms with Crippen LogP contribution < -0.4 is 5.32 Å². The number of amides is 2. The van der Waals surface area contributed by atoms with Crippen LogP contribution in [-0.2, 0) is 9.53 Å². The molecule has 0 aliphatic carbocycles. The first-order valence-electron chi connectivity index (χ1n) is 5.73. The number of hydrogen-bond donors (Lipinski definition) is 3. The molecule has 1 rings (SSSR count). The number of aliphatic hydroxyl groups is 1. The number of carboxylic acid groups (broad SMARTS) is 1. The molecule has 1 atom stereocenters. The van der Waals surface area contributed by atoms with Gasteiger partial charge < -0.3 is 25.2 Å². The standard InChI is InChI=1S/C11H20N2O5/c1-10(2,17)6-13(3)9(16)12-11(8(14)15)4-5-18-7-11/h17H,4-7H2,1-3H3,(H,12,16)(H,14,15). The highest BCUT2D eigenvalue weighted by Crippen LogP contribution is 2.19. The molecule has 18 heavy (non-hydrogen) atoms. The second-order valence-electron chi connectivity index (χ2n) is 5.29. The lowest BCUT2D eigenvalue weighted by atomic mass is 9.99. The predicted octanol–water partition coefficient (Wildman–Crippen LogP) is -0.358. The Bertz CT molecular complexity index is 331. The molecule has 0 bridgehead atoms. The van der Waals surface area contributed by atoms with Crippen molar-refractivity contribution < 1.29 is 24.5 Å². The van der Waals surface area contributed by atoms with Gasteiger partial charge in [-0.1, -0.05) is 0 Å². The van der Waals surface area contributed by atoms with Crippen LogP contribution in [0.4, 0.5) is 4.79 Å². The van der Waals surface area contributed by atoms with Crippen molar-refractivity contribution in [1.29, 1.82) is 0 Å². The largest absolute Gasteiger partial charge is 0.479 e. The van der Waals surface area contributed by atoms with Crippen molar-refractivity contribution in [2.24, 2.45) is 0 Å². The van der Waals surface area contributed by atoms with E-state index in [2.05, 4.69) is 5.32 Å². The molecule has 0 aromatic carbocycles. The van der Waals surface area contributed by atoms with E-state index in [0.717, 1.165) is 0 Å². The molecule has 1 aliphatic rings. The van der Waals surface area contributed by atoms with E-state index in [1.807, 2.05) is 0 Å². The molecule has 1 aliphatic heterocycles. The Morgan fingerprint density at radius 2 is 2.11 bits per heavy atom. The molecular weight excluding hydrogens is 240 g/mol. The maximum atomic E-state index is 11.9. The number of rotatable bonds is 4. The van der Waals surface area contributed by atoms with Crippen LogP contribution in [0.25, 0.3) is 0 Å². The molecule has 3 N–H and O–H groups in total. The molecule has 0 saturated carbocycles. The van der Waals surface area contributed by atoms with Gasteiger partial charge in [0.1, 0.15) is 0 Å². The molecule has 1 fully saturated rings. The third-order valence-electron chi connectivity index (χ3n) is 2.75. The van der Waals surface area contributed by atoms with Crippen molar-refractivity contribution in [2.75, 3.05) is 26.8 Å². The van der Waals surface area contributed by atoms with E-state index < -0.39 is 23.1 Å². The van der Waals surface area contributed by atoms with Gasteiger partial charge in [-0.2, -0.15) is 0 Å². The van der Waals surface area contributed by atoms with Crippen molar-refractivity contribution >= 4 is 12.0 Å². The van der Waals surface area contributed by atoms with Crippen molar-refractivity contribution in [3.8, 4) is 0 Å². The quantitative estimate of drug-likeness (QED) is 0.641. The number of nitrogens with zero attached hydrogens (tertiary/aromatic N) is 1. The van der Waals surface area contributed by atoms with E-state index >= 15 is 0 Å². The number of carbonyl (C=O) groups is 2. The Hall–Kier alpha value is -1.34. The Balaban J connectivity index is 2.65. The molecule has 1 unspecified atom stereocenters. The minimum absolute atomic E-state index is 0.0373. The molecular formula is C11H20N2O5. The molecule has 104 valence electrons. The molecule has 7 nitrogen and oxygen atoms in total. The summed E-state index contributed by atoms with van der Waals surface area (Å²) >= 11 is 0. The normalized spacial score (nSPS) is 23.8. The number of carbonyl (C=O) groups excluding carboxylic acids is 1. The van der Waals surface area contributed by atoms with Gasteiger partial charge in [0.2, 0.25) is 0 Å². The third kappa shape index (κ3) is 3.58. The van der Waals surface area contributed by atoms with Crippen LogP contribution in [0.3, 0.4) is 0 Å². The van der Waals surface area contributed by atoms with Crippen molar-refractivity contribution in [2.45, 2.75) is 31.4 Å². The summed E-state index contributed by atoms with van der Waals surface area (Å²) in [5, 5.41) is 21.2. The summed E-state index contributed by atoms with van der Waals surface area (Å²) in [5.74, 6) is -1.11. The van der Waals surface area contributed by atoms with Crippen molar-refractivity contribution in [3.05, 3.63) is 0 Å². The Kier molecular flexibility index (Phi) is 4.18. The fourth-order valence-electron chi connectivity index (χ4n) is 1.84. The molecule has 2 amide bonds.